The Labute approximate surface area is 147 Å². The molecule has 128 valence electrons. The molecule has 5 heteroatoms. The minimum Gasteiger partial charge on any atom is -0.378 e. The standard InChI is InChI=1S/C19H22ClNO3/c20-15-5-1-4-14(12-15)8-10-19(23)9-2-6-16(13-19)21-18(22)17-7-3-11-24-17/h1,4-5,12,16-17,23H,2-3,6-7,9,11,13H2,(H,21,22)/t16-,17+,19+/m1/s1. The van der Waals surface area contributed by atoms with Crippen molar-refractivity contribution in [2.24, 2.45) is 0 Å². The molecule has 2 N–H and O–H groups in total. The third-order valence-electron chi connectivity index (χ3n) is 4.56. The zero-order chi connectivity index (χ0) is 17.0. The molecule has 1 aliphatic heterocycles. The largest absolute Gasteiger partial charge is 0.378 e. The minimum atomic E-state index is -1.07. The molecule has 3 rings (SSSR count). The summed E-state index contributed by atoms with van der Waals surface area (Å²) in [7, 11) is 0. The Morgan fingerprint density at radius 2 is 2.25 bits per heavy atom. The summed E-state index contributed by atoms with van der Waals surface area (Å²) >= 11 is 5.95. The molecule has 1 heterocycles. The molecule has 0 bridgehead atoms. The first-order chi connectivity index (χ1) is 11.5. The molecule has 1 amide bonds. The van der Waals surface area contributed by atoms with Crippen LogP contribution in [0.2, 0.25) is 5.02 Å². The van der Waals surface area contributed by atoms with Crippen LogP contribution in [0, 0.1) is 11.8 Å². The zero-order valence-corrected chi connectivity index (χ0v) is 14.3. The second-order valence-electron chi connectivity index (χ2n) is 6.60. The number of aliphatic hydroxyl groups is 1. The SMILES string of the molecule is O=C(N[C@@H]1CCC[C@](O)(C#Cc2cccc(Cl)c2)C1)[C@@H]1CCCO1. The zero-order valence-electron chi connectivity index (χ0n) is 13.6. The summed E-state index contributed by atoms with van der Waals surface area (Å²) in [5.74, 6) is 5.92. The maximum Gasteiger partial charge on any atom is 0.249 e. The highest BCUT2D eigenvalue weighted by atomic mass is 35.5. The molecule has 0 aromatic heterocycles. The van der Waals surface area contributed by atoms with Gasteiger partial charge in [0.05, 0.1) is 0 Å². The first-order valence-corrected chi connectivity index (χ1v) is 8.85. The summed E-state index contributed by atoms with van der Waals surface area (Å²) in [5.41, 5.74) is -0.295. The van der Waals surface area contributed by atoms with Gasteiger partial charge >= 0.3 is 0 Å². The lowest BCUT2D eigenvalue weighted by Gasteiger charge is -2.33. The highest BCUT2D eigenvalue weighted by Crippen LogP contribution is 2.28. The molecule has 1 aromatic rings. The molecule has 24 heavy (non-hydrogen) atoms. The Morgan fingerprint density at radius 3 is 3.00 bits per heavy atom. The van der Waals surface area contributed by atoms with E-state index >= 15 is 0 Å². The van der Waals surface area contributed by atoms with Crippen molar-refractivity contribution < 1.29 is 14.6 Å². The van der Waals surface area contributed by atoms with E-state index in [2.05, 4.69) is 17.2 Å². The number of carbonyl (C=O) groups is 1. The van der Waals surface area contributed by atoms with Crippen molar-refractivity contribution in [1.82, 2.24) is 5.32 Å². The third kappa shape index (κ3) is 4.51. The molecule has 0 spiro atoms. The lowest BCUT2D eigenvalue weighted by Crippen LogP contribution is -2.47. The molecular weight excluding hydrogens is 326 g/mol. The van der Waals surface area contributed by atoms with Gasteiger partial charge in [-0.3, -0.25) is 4.79 Å². The van der Waals surface area contributed by atoms with Gasteiger partial charge in [-0.2, -0.15) is 0 Å². The fraction of sp³-hybridized carbons (Fsp3) is 0.526. The maximum atomic E-state index is 12.2. The second kappa shape index (κ2) is 7.57. The highest BCUT2D eigenvalue weighted by Gasteiger charge is 2.35. The van der Waals surface area contributed by atoms with Crippen molar-refractivity contribution in [3.05, 3.63) is 34.9 Å². The van der Waals surface area contributed by atoms with E-state index in [-0.39, 0.29) is 18.1 Å². The monoisotopic (exact) mass is 347 g/mol. The molecule has 2 fully saturated rings. The third-order valence-corrected chi connectivity index (χ3v) is 4.79. The summed E-state index contributed by atoms with van der Waals surface area (Å²) in [5, 5.41) is 14.4. The Bertz CT molecular complexity index is 660. The van der Waals surface area contributed by atoms with E-state index in [9.17, 15) is 9.90 Å². The minimum absolute atomic E-state index is 0.0610. The molecule has 1 aromatic carbocycles. The van der Waals surface area contributed by atoms with E-state index in [1.807, 2.05) is 12.1 Å². The predicted molar refractivity (Wildman–Crippen MR) is 92.7 cm³/mol. The van der Waals surface area contributed by atoms with Crippen LogP contribution in [0.15, 0.2) is 24.3 Å². The Balaban J connectivity index is 1.62. The van der Waals surface area contributed by atoms with Gasteiger partial charge in [-0.25, -0.2) is 0 Å². The number of rotatable bonds is 2. The lowest BCUT2D eigenvalue weighted by molar-refractivity contribution is -0.131. The van der Waals surface area contributed by atoms with E-state index < -0.39 is 5.60 Å². The number of hydrogen-bond donors (Lipinski definition) is 2. The fourth-order valence-electron chi connectivity index (χ4n) is 3.32. The van der Waals surface area contributed by atoms with Crippen molar-refractivity contribution in [2.45, 2.75) is 56.3 Å². The number of amides is 1. The molecule has 3 atom stereocenters. The van der Waals surface area contributed by atoms with Gasteiger partial charge in [0.2, 0.25) is 5.91 Å². The van der Waals surface area contributed by atoms with E-state index in [4.69, 9.17) is 16.3 Å². The van der Waals surface area contributed by atoms with Gasteiger partial charge in [0.25, 0.3) is 0 Å². The first-order valence-electron chi connectivity index (χ1n) is 8.47. The number of halogens is 1. The molecule has 1 saturated heterocycles. The van der Waals surface area contributed by atoms with Crippen LogP contribution in [0.25, 0.3) is 0 Å². The first kappa shape index (κ1) is 17.3. The number of ether oxygens (including phenoxy) is 1. The van der Waals surface area contributed by atoms with Gasteiger partial charge in [0, 0.05) is 29.7 Å². The molecule has 0 radical (unpaired) electrons. The van der Waals surface area contributed by atoms with Gasteiger partial charge in [-0.15, -0.1) is 0 Å². The number of hydrogen-bond acceptors (Lipinski definition) is 3. The van der Waals surface area contributed by atoms with Crippen LogP contribution in [-0.2, 0) is 9.53 Å². The van der Waals surface area contributed by atoms with Gasteiger partial charge < -0.3 is 15.2 Å². The average Bonchev–Trinajstić information content (AvgIpc) is 3.08. The van der Waals surface area contributed by atoms with Gasteiger partial charge in [-0.05, 0) is 50.3 Å². The Hall–Kier alpha value is -1.54. The smallest absolute Gasteiger partial charge is 0.249 e. The quantitative estimate of drug-likeness (QED) is 0.809. The van der Waals surface area contributed by atoms with Crippen molar-refractivity contribution in [1.29, 1.82) is 0 Å². The van der Waals surface area contributed by atoms with Crippen molar-refractivity contribution in [3.63, 3.8) is 0 Å². The van der Waals surface area contributed by atoms with Gasteiger partial charge in [-0.1, -0.05) is 29.5 Å². The summed E-state index contributed by atoms with van der Waals surface area (Å²) in [4.78, 5) is 12.2. The van der Waals surface area contributed by atoms with Crippen molar-refractivity contribution in [2.75, 3.05) is 6.61 Å². The fourth-order valence-corrected chi connectivity index (χ4v) is 3.51. The van der Waals surface area contributed by atoms with Gasteiger partial charge in [0.15, 0.2) is 0 Å². The van der Waals surface area contributed by atoms with Crippen LogP contribution in [0.4, 0.5) is 0 Å². The van der Waals surface area contributed by atoms with E-state index in [1.54, 1.807) is 12.1 Å². The molecule has 1 saturated carbocycles. The Kier molecular flexibility index (Phi) is 5.45. The average molecular weight is 348 g/mol. The van der Waals surface area contributed by atoms with Crippen LogP contribution in [0.5, 0.6) is 0 Å². The molecule has 0 unspecified atom stereocenters. The summed E-state index contributed by atoms with van der Waals surface area (Å²) < 4.78 is 5.41. The molecule has 4 nitrogen and oxygen atoms in total. The van der Waals surface area contributed by atoms with Crippen molar-refractivity contribution in [3.8, 4) is 11.8 Å². The topological polar surface area (TPSA) is 58.6 Å². The molecular formula is C19H22ClNO3. The van der Waals surface area contributed by atoms with Gasteiger partial charge in [0.1, 0.15) is 11.7 Å². The normalized spacial score (nSPS) is 29.6. The van der Waals surface area contributed by atoms with Crippen LogP contribution in [0.1, 0.15) is 44.1 Å². The molecule has 2 aliphatic rings. The Morgan fingerprint density at radius 1 is 1.38 bits per heavy atom. The van der Waals surface area contributed by atoms with Crippen LogP contribution in [0.3, 0.4) is 0 Å². The van der Waals surface area contributed by atoms with E-state index in [0.29, 0.717) is 24.5 Å². The number of benzene rings is 1. The number of nitrogens with one attached hydrogen (secondary N) is 1. The highest BCUT2D eigenvalue weighted by molar-refractivity contribution is 6.30. The second-order valence-corrected chi connectivity index (χ2v) is 7.03. The summed E-state index contributed by atoms with van der Waals surface area (Å²) in [6.07, 6.45) is 4.12. The van der Waals surface area contributed by atoms with E-state index in [0.717, 1.165) is 31.2 Å². The van der Waals surface area contributed by atoms with Crippen LogP contribution in [-0.4, -0.2) is 35.4 Å². The van der Waals surface area contributed by atoms with E-state index in [1.165, 1.54) is 0 Å². The van der Waals surface area contributed by atoms with Crippen molar-refractivity contribution >= 4 is 17.5 Å². The maximum absolute atomic E-state index is 12.2. The summed E-state index contributed by atoms with van der Waals surface area (Å²) in [6, 6.07) is 7.20. The molecule has 1 aliphatic carbocycles. The van der Waals surface area contributed by atoms with Crippen LogP contribution >= 0.6 is 11.6 Å². The predicted octanol–water partition coefficient (Wildman–Crippen LogP) is 2.66. The number of carbonyl (C=O) groups excluding carboxylic acids is 1. The lowest BCUT2D eigenvalue weighted by atomic mass is 9.82. The summed E-state index contributed by atoms with van der Waals surface area (Å²) in [6.45, 7) is 0.651. The van der Waals surface area contributed by atoms with Crippen LogP contribution < -0.4 is 5.32 Å².